The van der Waals surface area contributed by atoms with Crippen LogP contribution in [0.3, 0.4) is 0 Å². The molecule has 0 saturated carbocycles. The zero-order valence-electron chi connectivity index (χ0n) is 14.9. The summed E-state index contributed by atoms with van der Waals surface area (Å²) in [6.45, 7) is 9.70. The minimum Gasteiger partial charge on any atom is -0.490 e. The van der Waals surface area contributed by atoms with E-state index in [4.69, 9.17) is 26.2 Å². The van der Waals surface area contributed by atoms with Gasteiger partial charge in [0, 0.05) is 6.54 Å². The van der Waals surface area contributed by atoms with Crippen molar-refractivity contribution in [3.63, 3.8) is 0 Å². The van der Waals surface area contributed by atoms with Gasteiger partial charge in [0.2, 0.25) is 0 Å². The van der Waals surface area contributed by atoms with E-state index in [9.17, 15) is 4.79 Å². The maximum absolute atomic E-state index is 11.1. The average Bonchev–Trinajstić information content (AvgIpc) is 2.51. The van der Waals surface area contributed by atoms with Gasteiger partial charge in [-0.1, -0.05) is 18.5 Å². The lowest BCUT2D eigenvalue weighted by Gasteiger charge is -2.19. The van der Waals surface area contributed by atoms with Gasteiger partial charge in [-0.25, -0.2) is 0 Å². The fourth-order valence-corrected chi connectivity index (χ4v) is 2.36. The second-order valence-corrected chi connectivity index (χ2v) is 6.71. The van der Waals surface area contributed by atoms with Crippen LogP contribution in [0.25, 0.3) is 0 Å². The minimum absolute atomic E-state index is 0.525. The number of halogens is 1. The van der Waals surface area contributed by atoms with Gasteiger partial charge in [0.15, 0.2) is 11.5 Å². The zero-order chi connectivity index (χ0) is 18.2. The van der Waals surface area contributed by atoms with Gasteiger partial charge in [-0.2, -0.15) is 0 Å². The fourth-order valence-electron chi connectivity index (χ4n) is 2.07. The third-order valence-electron chi connectivity index (χ3n) is 3.65. The number of hydrogen-bond acceptors (Lipinski definition) is 4. The van der Waals surface area contributed by atoms with Crippen LogP contribution in [0, 0.1) is 5.41 Å². The van der Waals surface area contributed by atoms with Crippen molar-refractivity contribution in [1.29, 1.82) is 0 Å². The van der Waals surface area contributed by atoms with E-state index in [2.05, 4.69) is 5.32 Å². The van der Waals surface area contributed by atoms with Crippen LogP contribution < -0.4 is 14.8 Å². The second-order valence-electron chi connectivity index (χ2n) is 6.30. The first-order valence-electron chi connectivity index (χ1n) is 8.34. The Balaban J connectivity index is 2.70. The molecule has 0 saturated heterocycles. The molecule has 24 heavy (non-hydrogen) atoms. The monoisotopic (exact) mass is 357 g/mol. The van der Waals surface area contributed by atoms with Gasteiger partial charge in [-0.15, -0.1) is 0 Å². The Morgan fingerprint density at radius 2 is 2.00 bits per heavy atom. The number of benzene rings is 1. The van der Waals surface area contributed by atoms with E-state index >= 15 is 0 Å². The molecular formula is C18H28ClNO4. The van der Waals surface area contributed by atoms with Gasteiger partial charge in [-0.05, 0) is 57.9 Å². The summed E-state index contributed by atoms with van der Waals surface area (Å²) in [5.41, 5.74) is 0.235. The molecule has 0 heterocycles. The summed E-state index contributed by atoms with van der Waals surface area (Å²) in [4.78, 5) is 11.1. The van der Waals surface area contributed by atoms with Crippen LogP contribution in [0.2, 0.25) is 5.02 Å². The fraction of sp³-hybridized carbons (Fsp3) is 0.611. The summed E-state index contributed by atoms with van der Waals surface area (Å²) in [6.07, 6.45) is 1.44. The molecule has 5 nitrogen and oxygen atoms in total. The number of carboxylic acids is 1. The Bertz CT molecular complexity index is 546. The minimum atomic E-state index is -0.789. The Kier molecular flexibility index (Phi) is 8.36. The van der Waals surface area contributed by atoms with Crippen molar-refractivity contribution in [3.8, 4) is 11.5 Å². The average molecular weight is 358 g/mol. The molecule has 0 fully saturated rings. The quantitative estimate of drug-likeness (QED) is 0.583. The van der Waals surface area contributed by atoms with E-state index in [-0.39, 0.29) is 0 Å². The van der Waals surface area contributed by atoms with Crippen LogP contribution >= 0.6 is 11.6 Å². The van der Waals surface area contributed by atoms with Crippen LogP contribution in [0.4, 0.5) is 0 Å². The summed E-state index contributed by atoms with van der Waals surface area (Å²) < 4.78 is 11.3. The third kappa shape index (κ3) is 6.21. The highest BCUT2D eigenvalue weighted by Crippen LogP contribution is 2.36. The van der Waals surface area contributed by atoms with Crippen molar-refractivity contribution in [2.45, 2.75) is 47.1 Å². The standard InChI is InChI=1S/C18H28ClNO4/c1-5-9-24-16-14(19)10-13(11-15(16)23-6-2)12-20-8-7-18(3,4)17(21)22/h10-11,20H,5-9,12H2,1-4H3,(H,21,22). The number of hydrogen-bond donors (Lipinski definition) is 2. The Morgan fingerprint density at radius 3 is 2.58 bits per heavy atom. The summed E-state index contributed by atoms with van der Waals surface area (Å²) in [5, 5.41) is 12.9. The molecule has 0 amide bonds. The number of aliphatic carboxylic acids is 1. The maximum Gasteiger partial charge on any atom is 0.309 e. The Hall–Kier alpha value is -1.46. The highest BCUT2D eigenvalue weighted by atomic mass is 35.5. The van der Waals surface area contributed by atoms with Crippen LogP contribution in [0.5, 0.6) is 11.5 Å². The van der Waals surface area contributed by atoms with Crippen LogP contribution in [0.15, 0.2) is 12.1 Å². The van der Waals surface area contributed by atoms with E-state index in [1.165, 1.54) is 0 Å². The van der Waals surface area contributed by atoms with Gasteiger partial charge in [0.05, 0.1) is 23.7 Å². The molecule has 1 aromatic carbocycles. The predicted octanol–water partition coefficient (Wildman–Crippen LogP) is 4.12. The van der Waals surface area contributed by atoms with Crippen LogP contribution in [-0.4, -0.2) is 30.8 Å². The highest BCUT2D eigenvalue weighted by Gasteiger charge is 2.26. The van der Waals surface area contributed by atoms with E-state index in [0.717, 1.165) is 12.0 Å². The van der Waals surface area contributed by atoms with Crippen molar-refractivity contribution >= 4 is 17.6 Å². The first-order valence-corrected chi connectivity index (χ1v) is 8.71. The summed E-state index contributed by atoms with van der Waals surface area (Å²) in [6, 6.07) is 3.76. The smallest absolute Gasteiger partial charge is 0.309 e. The summed E-state index contributed by atoms with van der Waals surface area (Å²) in [7, 11) is 0. The first kappa shape index (κ1) is 20.6. The summed E-state index contributed by atoms with van der Waals surface area (Å²) in [5.74, 6) is 0.431. The molecular weight excluding hydrogens is 330 g/mol. The van der Waals surface area contributed by atoms with Crippen molar-refractivity contribution in [1.82, 2.24) is 5.32 Å². The number of nitrogens with one attached hydrogen (secondary N) is 1. The van der Waals surface area contributed by atoms with Gasteiger partial charge in [0.1, 0.15) is 0 Å². The molecule has 1 rings (SSSR count). The zero-order valence-corrected chi connectivity index (χ0v) is 15.7. The van der Waals surface area contributed by atoms with Crippen molar-refractivity contribution in [3.05, 3.63) is 22.7 Å². The van der Waals surface area contributed by atoms with Crippen molar-refractivity contribution in [2.24, 2.45) is 5.41 Å². The van der Waals surface area contributed by atoms with Gasteiger partial charge < -0.3 is 19.9 Å². The molecule has 0 aliphatic rings. The first-order chi connectivity index (χ1) is 11.3. The van der Waals surface area contributed by atoms with E-state index in [1.54, 1.807) is 13.8 Å². The SMILES string of the molecule is CCCOc1c(Cl)cc(CNCCC(C)(C)C(=O)O)cc1OCC. The van der Waals surface area contributed by atoms with Crippen molar-refractivity contribution < 1.29 is 19.4 Å². The summed E-state index contributed by atoms with van der Waals surface area (Å²) >= 11 is 6.32. The molecule has 0 aliphatic carbocycles. The molecule has 6 heteroatoms. The van der Waals surface area contributed by atoms with Gasteiger partial charge >= 0.3 is 5.97 Å². The van der Waals surface area contributed by atoms with Crippen LogP contribution in [-0.2, 0) is 11.3 Å². The van der Waals surface area contributed by atoms with Crippen molar-refractivity contribution in [2.75, 3.05) is 19.8 Å². The molecule has 2 N–H and O–H groups in total. The van der Waals surface area contributed by atoms with E-state index in [1.807, 2.05) is 26.0 Å². The molecule has 0 aliphatic heterocycles. The Labute approximate surface area is 149 Å². The van der Waals surface area contributed by atoms with Gasteiger partial charge in [-0.3, -0.25) is 4.79 Å². The lowest BCUT2D eigenvalue weighted by Crippen LogP contribution is -2.28. The molecule has 0 atom stereocenters. The van der Waals surface area contributed by atoms with Gasteiger partial charge in [0.25, 0.3) is 0 Å². The molecule has 136 valence electrons. The van der Waals surface area contributed by atoms with Crippen LogP contribution in [0.1, 0.15) is 46.1 Å². The maximum atomic E-state index is 11.1. The van der Waals surface area contributed by atoms with E-state index < -0.39 is 11.4 Å². The largest absolute Gasteiger partial charge is 0.490 e. The van der Waals surface area contributed by atoms with E-state index in [0.29, 0.717) is 49.2 Å². The molecule has 0 radical (unpaired) electrons. The number of carbonyl (C=O) groups is 1. The Morgan fingerprint density at radius 1 is 1.29 bits per heavy atom. The molecule has 1 aromatic rings. The lowest BCUT2D eigenvalue weighted by atomic mass is 9.90. The number of carboxylic acid groups (broad SMARTS) is 1. The molecule has 0 bridgehead atoms. The molecule has 0 unspecified atom stereocenters. The predicted molar refractivity (Wildman–Crippen MR) is 96.1 cm³/mol. The topological polar surface area (TPSA) is 67.8 Å². The normalized spacial score (nSPS) is 11.4. The number of rotatable bonds is 11. The second kappa shape index (κ2) is 9.74. The molecule has 0 aromatic heterocycles. The molecule has 0 spiro atoms. The third-order valence-corrected chi connectivity index (χ3v) is 3.94. The lowest BCUT2D eigenvalue weighted by molar-refractivity contribution is -0.147. The highest BCUT2D eigenvalue weighted by molar-refractivity contribution is 6.32. The number of ether oxygens (including phenoxy) is 2.